The summed E-state index contributed by atoms with van der Waals surface area (Å²) in [4.78, 5) is 12.0. The maximum absolute atomic E-state index is 12.0. The molecule has 3 atom stereocenters. The van der Waals surface area contributed by atoms with Gasteiger partial charge in [0.05, 0.1) is 6.07 Å². The molecular formula is C13H19NO. The van der Waals surface area contributed by atoms with Gasteiger partial charge in [0.15, 0.2) is 0 Å². The SMILES string of the molecule is C[C@@]1(CC#N)CC(=O)[C@H]2CCCC[C@@H]2C1. The third-order valence-corrected chi connectivity index (χ3v) is 4.18. The summed E-state index contributed by atoms with van der Waals surface area (Å²) < 4.78 is 0. The van der Waals surface area contributed by atoms with E-state index in [1.165, 1.54) is 19.3 Å². The van der Waals surface area contributed by atoms with Gasteiger partial charge in [0.25, 0.3) is 0 Å². The lowest BCUT2D eigenvalue weighted by Crippen LogP contribution is -2.40. The van der Waals surface area contributed by atoms with Crippen LogP contribution in [0.3, 0.4) is 0 Å². The Morgan fingerprint density at radius 2 is 2.20 bits per heavy atom. The van der Waals surface area contributed by atoms with Crippen molar-refractivity contribution in [2.24, 2.45) is 17.3 Å². The molecule has 2 heteroatoms. The standard InChI is InChI=1S/C13H19NO/c1-13(6-7-14)8-10-4-2-3-5-11(10)12(15)9-13/h10-11H,2-6,8-9H2,1H3/t10-,11+,13+/m1/s1. The molecule has 2 nitrogen and oxygen atoms in total. The highest BCUT2D eigenvalue weighted by Crippen LogP contribution is 2.47. The van der Waals surface area contributed by atoms with Crippen LogP contribution in [0.2, 0.25) is 0 Å². The van der Waals surface area contributed by atoms with E-state index in [0.717, 1.165) is 12.8 Å². The number of hydrogen-bond donors (Lipinski definition) is 0. The molecule has 0 aromatic rings. The second-order valence-corrected chi connectivity index (χ2v) is 5.64. The van der Waals surface area contributed by atoms with Crippen molar-refractivity contribution in [2.45, 2.75) is 51.9 Å². The van der Waals surface area contributed by atoms with Crippen molar-refractivity contribution in [3.63, 3.8) is 0 Å². The van der Waals surface area contributed by atoms with Gasteiger partial charge in [-0.1, -0.05) is 19.8 Å². The predicted octanol–water partition coefficient (Wildman–Crippen LogP) is 3.08. The molecule has 15 heavy (non-hydrogen) atoms. The molecular weight excluding hydrogens is 186 g/mol. The number of carbonyl (C=O) groups excluding carboxylic acids is 1. The molecule has 2 aliphatic carbocycles. The molecule has 0 radical (unpaired) electrons. The van der Waals surface area contributed by atoms with Crippen LogP contribution in [-0.2, 0) is 4.79 Å². The topological polar surface area (TPSA) is 40.9 Å². The second kappa shape index (κ2) is 3.96. The number of Topliss-reactive ketones (excluding diaryl/α,β-unsaturated/α-hetero) is 1. The molecule has 2 fully saturated rings. The van der Waals surface area contributed by atoms with Crippen LogP contribution in [-0.4, -0.2) is 5.78 Å². The molecule has 0 bridgehead atoms. The molecule has 0 amide bonds. The van der Waals surface area contributed by atoms with Gasteiger partial charge in [-0.2, -0.15) is 5.26 Å². The van der Waals surface area contributed by atoms with E-state index in [9.17, 15) is 4.79 Å². The average Bonchev–Trinajstić information content (AvgIpc) is 2.17. The average molecular weight is 205 g/mol. The van der Waals surface area contributed by atoms with Gasteiger partial charge in [0.1, 0.15) is 5.78 Å². The lowest BCUT2D eigenvalue weighted by molar-refractivity contribution is -0.132. The van der Waals surface area contributed by atoms with Crippen molar-refractivity contribution >= 4 is 5.78 Å². The maximum atomic E-state index is 12.0. The third kappa shape index (κ3) is 2.07. The van der Waals surface area contributed by atoms with E-state index in [4.69, 9.17) is 5.26 Å². The Morgan fingerprint density at radius 3 is 2.93 bits per heavy atom. The monoisotopic (exact) mass is 205 g/mol. The number of carbonyl (C=O) groups is 1. The van der Waals surface area contributed by atoms with Gasteiger partial charge in [-0.25, -0.2) is 0 Å². The molecule has 2 saturated carbocycles. The van der Waals surface area contributed by atoms with Crippen molar-refractivity contribution in [3.8, 4) is 6.07 Å². The van der Waals surface area contributed by atoms with Crippen molar-refractivity contribution in [3.05, 3.63) is 0 Å². The highest BCUT2D eigenvalue weighted by Gasteiger charge is 2.43. The minimum atomic E-state index is -0.0235. The van der Waals surface area contributed by atoms with Crippen LogP contribution in [0.5, 0.6) is 0 Å². The van der Waals surface area contributed by atoms with Gasteiger partial charge in [-0.05, 0) is 30.6 Å². The van der Waals surface area contributed by atoms with Crippen LogP contribution in [0.15, 0.2) is 0 Å². The van der Waals surface area contributed by atoms with E-state index in [0.29, 0.717) is 30.5 Å². The van der Waals surface area contributed by atoms with Crippen LogP contribution < -0.4 is 0 Å². The summed E-state index contributed by atoms with van der Waals surface area (Å²) in [7, 11) is 0. The number of nitriles is 1. The quantitative estimate of drug-likeness (QED) is 0.660. The fraction of sp³-hybridized carbons (Fsp3) is 0.846. The van der Waals surface area contributed by atoms with Crippen LogP contribution in [0.4, 0.5) is 0 Å². The maximum Gasteiger partial charge on any atom is 0.136 e. The van der Waals surface area contributed by atoms with Gasteiger partial charge in [-0.15, -0.1) is 0 Å². The zero-order valence-electron chi connectivity index (χ0n) is 9.46. The molecule has 0 N–H and O–H groups in total. The molecule has 2 aliphatic rings. The molecule has 0 saturated heterocycles. The molecule has 0 spiro atoms. The molecule has 0 unspecified atom stereocenters. The summed E-state index contributed by atoms with van der Waals surface area (Å²) in [5.41, 5.74) is -0.0235. The lowest BCUT2D eigenvalue weighted by atomic mass is 9.60. The second-order valence-electron chi connectivity index (χ2n) is 5.64. The first-order chi connectivity index (χ1) is 7.14. The highest BCUT2D eigenvalue weighted by molar-refractivity contribution is 5.83. The van der Waals surface area contributed by atoms with E-state index >= 15 is 0 Å². The van der Waals surface area contributed by atoms with Crippen molar-refractivity contribution in [2.75, 3.05) is 0 Å². The van der Waals surface area contributed by atoms with Gasteiger partial charge in [-0.3, -0.25) is 4.79 Å². The minimum absolute atomic E-state index is 0.0235. The minimum Gasteiger partial charge on any atom is -0.299 e. The summed E-state index contributed by atoms with van der Waals surface area (Å²) in [6.45, 7) is 2.11. The third-order valence-electron chi connectivity index (χ3n) is 4.18. The van der Waals surface area contributed by atoms with Crippen LogP contribution in [0.25, 0.3) is 0 Å². The van der Waals surface area contributed by atoms with Crippen LogP contribution in [0, 0.1) is 28.6 Å². The summed E-state index contributed by atoms with van der Waals surface area (Å²) in [5, 5.41) is 8.80. The first-order valence-electron chi connectivity index (χ1n) is 6.04. The predicted molar refractivity (Wildman–Crippen MR) is 58.0 cm³/mol. The van der Waals surface area contributed by atoms with E-state index in [1.54, 1.807) is 0 Å². The van der Waals surface area contributed by atoms with E-state index in [1.807, 2.05) is 0 Å². The Bertz CT molecular complexity index is 304. The Hall–Kier alpha value is -0.840. The van der Waals surface area contributed by atoms with Crippen molar-refractivity contribution < 1.29 is 4.79 Å². The molecule has 2 rings (SSSR count). The fourth-order valence-electron chi connectivity index (χ4n) is 3.46. The Kier molecular flexibility index (Phi) is 2.82. The van der Waals surface area contributed by atoms with Gasteiger partial charge >= 0.3 is 0 Å². The van der Waals surface area contributed by atoms with Crippen molar-refractivity contribution in [1.82, 2.24) is 0 Å². The van der Waals surface area contributed by atoms with Gasteiger partial charge < -0.3 is 0 Å². The molecule has 0 aromatic carbocycles. The zero-order valence-corrected chi connectivity index (χ0v) is 9.46. The van der Waals surface area contributed by atoms with Crippen molar-refractivity contribution in [1.29, 1.82) is 5.26 Å². The molecule has 0 aliphatic heterocycles. The van der Waals surface area contributed by atoms with Gasteiger partial charge in [0.2, 0.25) is 0 Å². The Morgan fingerprint density at radius 1 is 1.47 bits per heavy atom. The first kappa shape index (κ1) is 10.7. The van der Waals surface area contributed by atoms with E-state index in [-0.39, 0.29) is 5.41 Å². The summed E-state index contributed by atoms with van der Waals surface area (Å²) in [6, 6.07) is 2.24. The van der Waals surface area contributed by atoms with Crippen LogP contribution in [0.1, 0.15) is 51.9 Å². The van der Waals surface area contributed by atoms with Crippen LogP contribution >= 0.6 is 0 Å². The van der Waals surface area contributed by atoms with Gasteiger partial charge in [0, 0.05) is 18.8 Å². The summed E-state index contributed by atoms with van der Waals surface area (Å²) in [6.07, 6.45) is 7.09. The highest BCUT2D eigenvalue weighted by atomic mass is 16.1. The molecule has 0 aromatic heterocycles. The van der Waals surface area contributed by atoms with E-state index < -0.39 is 0 Å². The normalized spacial score (nSPS) is 40.7. The zero-order chi connectivity index (χ0) is 10.9. The molecule has 82 valence electrons. The number of hydrogen-bond acceptors (Lipinski definition) is 2. The van der Waals surface area contributed by atoms with E-state index in [2.05, 4.69) is 13.0 Å². The lowest BCUT2D eigenvalue weighted by Gasteiger charge is -2.43. The number of ketones is 1. The number of fused-ring (bicyclic) bond motifs is 1. The number of rotatable bonds is 1. The summed E-state index contributed by atoms with van der Waals surface area (Å²) >= 11 is 0. The summed E-state index contributed by atoms with van der Waals surface area (Å²) in [5.74, 6) is 1.35. The number of nitrogens with zero attached hydrogens (tertiary/aromatic N) is 1. The molecule has 0 heterocycles. The Balaban J connectivity index is 2.11. The Labute approximate surface area is 91.7 Å². The fourth-order valence-corrected chi connectivity index (χ4v) is 3.46. The first-order valence-corrected chi connectivity index (χ1v) is 6.04. The largest absolute Gasteiger partial charge is 0.299 e. The smallest absolute Gasteiger partial charge is 0.136 e.